The van der Waals surface area contributed by atoms with E-state index < -0.39 is 0 Å². The molecule has 0 aliphatic rings. The highest BCUT2D eigenvalue weighted by Gasteiger charge is 2.23. The van der Waals surface area contributed by atoms with Crippen LogP contribution < -0.4 is 33.2 Å². The molecule has 0 spiro atoms. The molecule has 3 atom stereocenters. The fourth-order valence-corrected chi connectivity index (χ4v) is 8.22. The molecule has 0 aliphatic heterocycles. The van der Waals surface area contributed by atoms with E-state index in [9.17, 15) is 28.8 Å². The molecule has 0 fully saturated rings. The van der Waals surface area contributed by atoms with Crippen molar-refractivity contribution in [1.82, 2.24) is 16.0 Å². The van der Waals surface area contributed by atoms with Crippen LogP contribution in [-0.2, 0) is 28.8 Å². The predicted octanol–water partition coefficient (Wildman–Crippen LogP) is 8.68. The van der Waals surface area contributed by atoms with Crippen LogP contribution in [0.1, 0.15) is 225 Å². The number of ketones is 3. The standard InChI is InChI=1S/C50H96N6O6/c1-3-4-5-6-7-8-9-12-17-32-46(58)40-43(29-21-24-35-52)49(61)55-38-27-16-11-14-19-33-47(59)41-44(30-22-25-36-53)50(62)56-37-26-15-10-13-18-31-45(57)39-42(48(60)54-2)28-20-23-34-51/h42-44H,3-41,51-53H2,1-2H3,(H,54,60)(H,55,61)(H,56,62). The minimum Gasteiger partial charge on any atom is -0.359 e. The lowest BCUT2D eigenvalue weighted by Gasteiger charge is -2.16. The van der Waals surface area contributed by atoms with Gasteiger partial charge in [0.15, 0.2) is 0 Å². The van der Waals surface area contributed by atoms with Crippen molar-refractivity contribution >= 4 is 35.1 Å². The van der Waals surface area contributed by atoms with Gasteiger partial charge in [-0.2, -0.15) is 0 Å². The quantitative estimate of drug-likeness (QED) is 0.0322. The van der Waals surface area contributed by atoms with Crippen LogP contribution in [0.15, 0.2) is 0 Å². The number of amides is 3. The molecule has 362 valence electrons. The van der Waals surface area contributed by atoms with Crippen molar-refractivity contribution < 1.29 is 28.8 Å². The van der Waals surface area contributed by atoms with E-state index in [0.717, 1.165) is 116 Å². The Morgan fingerprint density at radius 2 is 0.661 bits per heavy atom. The Morgan fingerprint density at radius 3 is 0.968 bits per heavy atom. The van der Waals surface area contributed by atoms with Gasteiger partial charge in [0.05, 0.1) is 0 Å². The van der Waals surface area contributed by atoms with Crippen molar-refractivity contribution in [2.24, 2.45) is 35.0 Å². The second-order valence-electron chi connectivity index (χ2n) is 18.0. The lowest BCUT2D eigenvalue weighted by Crippen LogP contribution is -2.33. The van der Waals surface area contributed by atoms with Crippen LogP contribution in [0.3, 0.4) is 0 Å². The molecular formula is C50H96N6O6. The number of unbranched alkanes of at least 4 members (excludes halogenated alkanes) is 19. The van der Waals surface area contributed by atoms with Gasteiger partial charge in [-0.3, -0.25) is 28.8 Å². The number of nitrogens with two attached hydrogens (primary N) is 3. The molecule has 9 N–H and O–H groups in total. The van der Waals surface area contributed by atoms with Crippen molar-refractivity contribution in [2.45, 2.75) is 225 Å². The van der Waals surface area contributed by atoms with Crippen molar-refractivity contribution in [3.8, 4) is 0 Å². The SMILES string of the molecule is CCCCCCCCCCCC(=O)CC(CCCCN)C(=O)NCCCCCCCC(=O)CC(CCCCN)C(=O)NCCCCCCCC(=O)CC(CCCCN)C(=O)NC. The zero-order valence-electron chi connectivity index (χ0n) is 40.0. The molecule has 3 unspecified atom stereocenters. The molecule has 0 radical (unpaired) electrons. The van der Waals surface area contributed by atoms with Crippen molar-refractivity contribution in [2.75, 3.05) is 39.8 Å². The predicted molar refractivity (Wildman–Crippen MR) is 255 cm³/mol. The van der Waals surface area contributed by atoms with Crippen molar-refractivity contribution in [1.29, 1.82) is 0 Å². The molecule has 0 rings (SSSR count). The van der Waals surface area contributed by atoms with Gasteiger partial charge in [-0.1, -0.05) is 116 Å². The number of hydrogen-bond donors (Lipinski definition) is 6. The minimum atomic E-state index is -0.332. The number of carbonyl (C=O) groups excluding carboxylic acids is 6. The lowest BCUT2D eigenvalue weighted by atomic mass is 9.93. The summed E-state index contributed by atoms with van der Waals surface area (Å²) in [5, 5.41) is 8.82. The zero-order chi connectivity index (χ0) is 45.9. The summed E-state index contributed by atoms with van der Waals surface area (Å²) >= 11 is 0. The van der Waals surface area contributed by atoms with Crippen LogP contribution in [0.25, 0.3) is 0 Å². The van der Waals surface area contributed by atoms with E-state index in [1.54, 1.807) is 7.05 Å². The smallest absolute Gasteiger partial charge is 0.223 e. The largest absolute Gasteiger partial charge is 0.359 e. The topological polar surface area (TPSA) is 217 Å². The number of Topliss-reactive ketones (excluding diaryl/α,β-unsaturated/α-hetero) is 3. The van der Waals surface area contributed by atoms with Gasteiger partial charge in [0.25, 0.3) is 0 Å². The molecule has 12 nitrogen and oxygen atoms in total. The fourth-order valence-electron chi connectivity index (χ4n) is 8.22. The number of carbonyl (C=O) groups is 6. The molecule has 0 saturated carbocycles. The second kappa shape index (κ2) is 43.5. The van der Waals surface area contributed by atoms with Gasteiger partial charge in [-0.25, -0.2) is 0 Å². The third kappa shape index (κ3) is 35.7. The normalized spacial score (nSPS) is 12.7. The Labute approximate surface area is 378 Å². The first-order valence-electron chi connectivity index (χ1n) is 25.6. The van der Waals surface area contributed by atoms with Gasteiger partial charge in [0.2, 0.25) is 17.7 Å². The van der Waals surface area contributed by atoms with E-state index in [1.807, 2.05) is 0 Å². The minimum absolute atomic E-state index is 0.0152. The van der Waals surface area contributed by atoms with Gasteiger partial charge in [0.1, 0.15) is 17.3 Å². The molecule has 0 aromatic rings. The highest BCUT2D eigenvalue weighted by molar-refractivity contribution is 5.88. The molecule has 12 heteroatoms. The summed E-state index contributed by atoms with van der Waals surface area (Å²) in [5.41, 5.74) is 17.0. The summed E-state index contributed by atoms with van der Waals surface area (Å²) in [6.07, 6.45) is 29.5. The summed E-state index contributed by atoms with van der Waals surface area (Å²) < 4.78 is 0. The zero-order valence-corrected chi connectivity index (χ0v) is 40.0. The summed E-state index contributed by atoms with van der Waals surface area (Å²) in [7, 11) is 1.61. The van der Waals surface area contributed by atoms with E-state index in [1.165, 1.54) is 44.9 Å². The van der Waals surface area contributed by atoms with Gasteiger partial charge < -0.3 is 33.2 Å². The summed E-state index contributed by atoms with van der Waals surface area (Å²) in [5.74, 6) is -0.564. The second-order valence-corrected chi connectivity index (χ2v) is 18.0. The van der Waals surface area contributed by atoms with Gasteiger partial charge in [0, 0.05) is 76.4 Å². The fraction of sp³-hybridized carbons (Fsp3) is 0.880. The van der Waals surface area contributed by atoms with E-state index in [4.69, 9.17) is 17.2 Å². The Balaban J connectivity index is 4.36. The van der Waals surface area contributed by atoms with E-state index in [-0.39, 0.29) is 65.7 Å². The lowest BCUT2D eigenvalue weighted by molar-refractivity contribution is -0.129. The van der Waals surface area contributed by atoms with Gasteiger partial charge >= 0.3 is 0 Å². The summed E-state index contributed by atoms with van der Waals surface area (Å²) in [6, 6.07) is 0. The van der Waals surface area contributed by atoms with Crippen LogP contribution in [-0.4, -0.2) is 74.8 Å². The van der Waals surface area contributed by atoms with E-state index >= 15 is 0 Å². The first-order chi connectivity index (χ1) is 30.1. The average molecular weight is 877 g/mol. The first kappa shape index (κ1) is 59.3. The van der Waals surface area contributed by atoms with Crippen LogP contribution in [0, 0.1) is 17.8 Å². The monoisotopic (exact) mass is 877 g/mol. The van der Waals surface area contributed by atoms with Crippen LogP contribution in [0.4, 0.5) is 0 Å². The highest BCUT2D eigenvalue weighted by Crippen LogP contribution is 2.20. The number of rotatable bonds is 47. The van der Waals surface area contributed by atoms with Crippen LogP contribution in [0.2, 0.25) is 0 Å². The number of nitrogens with one attached hydrogen (secondary N) is 3. The molecule has 0 heterocycles. The molecule has 0 aromatic heterocycles. The van der Waals surface area contributed by atoms with Gasteiger partial charge in [-0.05, 0) is 90.3 Å². The Bertz CT molecular complexity index is 1150. The molecule has 62 heavy (non-hydrogen) atoms. The number of hydrogen-bond acceptors (Lipinski definition) is 9. The third-order valence-corrected chi connectivity index (χ3v) is 12.2. The maximum Gasteiger partial charge on any atom is 0.223 e. The van der Waals surface area contributed by atoms with Crippen LogP contribution in [0.5, 0.6) is 0 Å². The maximum atomic E-state index is 13.1. The Kier molecular flexibility index (Phi) is 41.6. The van der Waals surface area contributed by atoms with Crippen LogP contribution >= 0.6 is 0 Å². The molecule has 0 aromatic carbocycles. The third-order valence-electron chi connectivity index (χ3n) is 12.2. The van der Waals surface area contributed by atoms with E-state index in [0.29, 0.717) is 77.7 Å². The summed E-state index contributed by atoms with van der Waals surface area (Å²) in [6.45, 7) is 5.15. The Hall–Kier alpha value is -2.70. The molecule has 0 saturated heterocycles. The average Bonchev–Trinajstić information content (AvgIpc) is 3.26. The summed E-state index contributed by atoms with van der Waals surface area (Å²) in [4.78, 5) is 76.5. The molecule has 3 amide bonds. The van der Waals surface area contributed by atoms with Crippen molar-refractivity contribution in [3.63, 3.8) is 0 Å². The van der Waals surface area contributed by atoms with Crippen molar-refractivity contribution in [3.05, 3.63) is 0 Å². The van der Waals surface area contributed by atoms with Gasteiger partial charge in [-0.15, -0.1) is 0 Å². The molecular weight excluding hydrogens is 781 g/mol. The Morgan fingerprint density at radius 1 is 0.371 bits per heavy atom. The molecule has 0 aliphatic carbocycles. The van der Waals surface area contributed by atoms with E-state index in [2.05, 4.69) is 22.9 Å². The first-order valence-corrected chi connectivity index (χ1v) is 25.6. The highest BCUT2D eigenvalue weighted by atomic mass is 16.2. The molecule has 0 bridgehead atoms. The maximum absolute atomic E-state index is 13.1.